The van der Waals surface area contributed by atoms with E-state index in [4.69, 9.17) is 18.9 Å². The summed E-state index contributed by atoms with van der Waals surface area (Å²) < 4.78 is 48.5. The molecule has 168 valence electrons. The molecule has 3 rings (SSSR count). The molecule has 0 unspecified atom stereocenters. The van der Waals surface area contributed by atoms with E-state index in [1.165, 1.54) is 23.7 Å². The van der Waals surface area contributed by atoms with Crippen LogP contribution in [-0.2, 0) is 19.5 Å². The van der Waals surface area contributed by atoms with Gasteiger partial charge in [-0.05, 0) is 18.2 Å². The van der Waals surface area contributed by atoms with E-state index in [1.807, 2.05) is 6.07 Å². The second-order valence-electron chi connectivity index (χ2n) is 6.53. The molecule has 0 radical (unpaired) electrons. The highest BCUT2D eigenvalue weighted by atomic mass is 32.2. The van der Waals surface area contributed by atoms with Crippen LogP contribution in [0.2, 0.25) is 0 Å². The van der Waals surface area contributed by atoms with Crippen LogP contribution in [0.3, 0.4) is 0 Å². The van der Waals surface area contributed by atoms with Crippen molar-refractivity contribution in [2.45, 2.75) is 4.90 Å². The minimum atomic E-state index is -3.89. The highest BCUT2D eigenvalue weighted by Gasteiger charge is 2.30. The molecule has 0 atom stereocenters. The van der Waals surface area contributed by atoms with Crippen molar-refractivity contribution in [2.75, 3.05) is 59.0 Å². The number of ether oxygens (including phenoxy) is 4. The van der Waals surface area contributed by atoms with Crippen molar-refractivity contribution < 1.29 is 32.2 Å². The van der Waals surface area contributed by atoms with Gasteiger partial charge in [-0.15, -0.1) is 0 Å². The first-order valence-electron chi connectivity index (χ1n) is 9.62. The number of esters is 1. The predicted molar refractivity (Wildman–Crippen MR) is 112 cm³/mol. The molecule has 31 heavy (non-hydrogen) atoms. The molecule has 1 aliphatic rings. The minimum Gasteiger partial charge on any atom is -0.497 e. The van der Waals surface area contributed by atoms with E-state index in [2.05, 4.69) is 10.3 Å². The van der Waals surface area contributed by atoms with Crippen LogP contribution < -0.4 is 14.8 Å². The van der Waals surface area contributed by atoms with Gasteiger partial charge in [0.05, 0.1) is 39.5 Å². The zero-order chi connectivity index (χ0) is 22.3. The Morgan fingerprint density at radius 3 is 2.65 bits per heavy atom. The molecule has 10 nitrogen and oxygen atoms in total. The molecule has 0 aliphatic carbocycles. The predicted octanol–water partition coefficient (Wildman–Crippen LogP) is 1.39. The SMILES string of the molecule is COC(=O)c1cnc(NCCOc2cccc(OC)c2)c(S(=O)(=O)N2CCOCC2)c1. The summed E-state index contributed by atoms with van der Waals surface area (Å²) in [6.07, 6.45) is 1.27. The third kappa shape index (κ3) is 5.63. The first-order valence-corrected chi connectivity index (χ1v) is 11.1. The number of carbonyl (C=O) groups is 1. The molecule has 0 saturated carbocycles. The molecule has 1 aromatic heterocycles. The van der Waals surface area contributed by atoms with Crippen LogP contribution in [0.1, 0.15) is 10.4 Å². The Bertz CT molecular complexity index is 1010. The number of nitrogens with one attached hydrogen (secondary N) is 1. The molecule has 1 N–H and O–H groups in total. The minimum absolute atomic E-state index is 0.0486. The summed E-state index contributed by atoms with van der Waals surface area (Å²) in [5.74, 6) is 0.757. The summed E-state index contributed by atoms with van der Waals surface area (Å²) in [6, 6.07) is 8.43. The molecule has 1 saturated heterocycles. The summed E-state index contributed by atoms with van der Waals surface area (Å²) in [6.45, 7) is 1.60. The number of morpholine rings is 1. The number of rotatable bonds is 9. The number of benzene rings is 1. The summed E-state index contributed by atoms with van der Waals surface area (Å²) in [7, 11) is -1.10. The topological polar surface area (TPSA) is 116 Å². The lowest BCUT2D eigenvalue weighted by atomic mass is 10.3. The van der Waals surface area contributed by atoms with Crippen molar-refractivity contribution >= 4 is 21.8 Å². The Morgan fingerprint density at radius 2 is 1.94 bits per heavy atom. The Labute approximate surface area is 181 Å². The normalized spacial score (nSPS) is 14.6. The number of hydrogen-bond acceptors (Lipinski definition) is 9. The Kier molecular flexibility index (Phi) is 7.66. The monoisotopic (exact) mass is 451 g/mol. The Hall–Kier alpha value is -2.89. The van der Waals surface area contributed by atoms with Gasteiger partial charge in [0.15, 0.2) is 0 Å². The third-order valence-corrected chi connectivity index (χ3v) is 6.48. The number of hydrogen-bond donors (Lipinski definition) is 1. The smallest absolute Gasteiger partial charge is 0.339 e. The number of methoxy groups -OCH3 is 2. The van der Waals surface area contributed by atoms with E-state index in [1.54, 1.807) is 25.3 Å². The van der Waals surface area contributed by atoms with Crippen LogP contribution in [0, 0.1) is 0 Å². The van der Waals surface area contributed by atoms with Crippen LogP contribution in [-0.4, -0.2) is 77.4 Å². The van der Waals surface area contributed by atoms with Crippen LogP contribution in [0.5, 0.6) is 11.5 Å². The van der Waals surface area contributed by atoms with Crippen LogP contribution in [0.25, 0.3) is 0 Å². The van der Waals surface area contributed by atoms with E-state index in [-0.39, 0.29) is 42.5 Å². The molecule has 1 aliphatic heterocycles. The van der Waals surface area contributed by atoms with Gasteiger partial charge >= 0.3 is 5.97 Å². The van der Waals surface area contributed by atoms with Crippen molar-refractivity contribution in [3.8, 4) is 11.5 Å². The molecule has 0 spiro atoms. The van der Waals surface area contributed by atoms with Gasteiger partial charge in [-0.3, -0.25) is 0 Å². The molecule has 0 bridgehead atoms. The first-order chi connectivity index (χ1) is 15.0. The lowest BCUT2D eigenvalue weighted by Gasteiger charge is -2.27. The van der Waals surface area contributed by atoms with Gasteiger partial charge in [0, 0.05) is 25.4 Å². The average Bonchev–Trinajstić information content (AvgIpc) is 2.82. The molecule has 11 heteroatoms. The van der Waals surface area contributed by atoms with Gasteiger partial charge in [0.2, 0.25) is 10.0 Å². The van der Waals surface area contributed by atoms with Gasteiger partial charge in [-0.1, -0.05) is 6.07 Å². The Balaban J connectivity index is 1.76. The fourth-order valence-corrected chi connectivity index (χ4v) is 4.51. The number of aromatic nitrogens is 1. The van der Waals surface area contributed by atoms with Crippen molar-refractivity contribution in [1.82, 2.24) is 9.29 Å². The molecule has 1 aromatic carbocycles. The Morgan fingerprint density at radius 1 is 1.19 bits per heavy atom. The standard InChI is InChI=1S/C20H25N3O7S/c1-27-16-4-3-5-17(13-16)30-9-6-21-19-18(12-15(14-22-19)20(24)28-2)31(25,26)23-7-10-29-11-8-23/h3-5,12-14H,6-11H2,1-2H3,(H,21,22). The van der Waals surface area contributed by atoms with Gasteiger partial charge in [0.1, 0.15) is 28.8 Å². The molecular formula is C20H25N3O7S. The summed E-state index contributed by atoms with van der Waals surface area (Å²) in [4.78, 5) is 16.0. The molecule has 1 fully saturated rings. The summed E-state index contributed by atoms with van der Waals surface area (Å²) in [5, 5.41) is 2.98. The largest absolute Gasteiger partial charge is 0.497 e. The maximum atomic E-state index is 13.2. The molecule has 2 aromatic rings. The van der Waals surface area contributed by atoms with Crippen molar-refractivity contribution in [3.63, 3.8) is 0 Å². The van der Waals surface area contributed by atoms with Gasteiger partial charge in [0.25, 0.3) is 0 Å². The van der Waals surface area contributed by atoms with E-state index in [9.17, 15) is 13.2 Å². The zero-order valence-electron chi connectivity index (χ0n) is 17.4. The highest BCUT2D eigenvalue weighted by Crippen LogP contribution is 2.25. The highest BCUT2D eigenvalue weighted by molar-refractivity contribution is 7.89. The number of nitrogens with zero attached hydrogens (tertiary/aromatic N) is 2. The number of carbonyl (C=O) groups excluding carboxylic acids is 1. The maximum absolute atomic E-state index is 13.2. The van der Waals surface area contributed by atoms with E-state index in [0.717, 1.165) is 0 Å². The van der Waals surface area contributed by atoms with Gasteiger partial charge in [-0.25, -0.2) is 18.2 Å². The lowest BCUT2D eigenvalue weighted by Crippen LogP contribution is -2.41. The fraction of sp³-hybridized carbons (Fsp3) is 0.400. The van der Waals surface area contributed by atoms with Crippen LogP contribution >= 0.6 is 0 Å². The third-order valence-electron chi connectivity index (χ3n) is 4.57. The van der Waals surface area contributed by atoms with E-state index >= 15 is 0 Å². The number of anilines is 1. The van der Waals surface area contributed by atoms with E-state index < -0.39 is 16.0 Å². The van der Waals surface area contributed by atoms with E-state index in [0.29, 0.717) is 24.7 Å². The number of pyridine rings is 1. The average molecular weight is 452 g/mol. The summed E-state index contributed by atoms with van der Waals surface area (Å²) in [5.41, 5.74) is 0.0486. The van der Waals surface area contributed by atoms with Crippen LogP contribution in [0.15, 0.2) is 41.4 Å². The molecule has 2 heterocycles. The second kappa shape index (κ2) is 10.4. The molecular weight excluding hydrogens is 426 g/mol. The summed E-state index contributed by atoms with van der Waals surface area (Å²) >= 11 is 0. The zero-order valence-corrected chi connectivity index (χ0v) is 18.2. The quantitative estimate of drug-likeness (QED) is 0.446. The maximum Gasteiger partial charge on any atom is 0.339 e. The second-order valence-corrected chi connectivity index (χ2v) is 8.44. The van der Waals surface area contributed by atoms with Crippen molar-refractivity contribution in [1.29, 1.82) is 0 Å². The number of sulfonamides is 1. The van der Waals surface area contributed by atoms with Crippen molar-refractivity contribution in [2.24, 2.45) is 0 Å². The van der Waals surface area contributed by atoms with Crippen molar-refractivity contribution in [3.05, 3.63) is 42.1 Å². The van der Waals surface area contributed by atoms with Gasteiger partial charge < -0.3 is 24.3 Å². The van der Waals surface area contributed by atoms with Crippen LogP contribution in [0.4, 0.5) is 5.82 Å². The lowest BCUT2D eigenvalue weighted by molar-refractivity contribution is 0.0600. The first kappa shape index (κ1) is 22.8. The molecule has 0 amide bonds. The fourth-order valence-electron chi connectivity index (χ4n) is 2.96. The van der Waals surface area contributed by atoms with Gasteiger partial charge in [-0.2, -0.15) is 4.31 Å².